The maximum absolute atomic E-state index is 5.67. The van der Waals surface area contributed by atoms with Gasteiger partial charge in [0.2, 0.25) is 5.95 Å². The molecular formula is C11H21N5. The molecule has 0 radical (unpaired) electrons. The van der Waals surface area contributed by atoms with E-state index < -0.39 is 0 Å². The van der Waals surface area contributed by atoms with Gasteiger partial charge in [0.15, 0.2) is 0 Å². The first-order chi connectivity index (χ1) is 7.71. The minimum Gasteiger partial charge on any atom is -0.373 e. The molecule has 0 amide bonds. The van der Waals surface area contributed by atoms with Crippen LogP contribution in [0, 0.1) is 0 Å². The monoisotopic (exact) mass is 223 g/mol. The van der Waals surface area contributed by atoms with E-state index in [0.29, 0.717) is 5.95 Å². The van der Waals surface area contributed by atoms with Crippen LogP contribution in [-0.4, -0.2) is 30.1 Å². The summed E-state index contributed by atoms with van der Waals surface area (Å²) >= 11 is 0. The first-order valence-corrected chi connectivity index (χ1v) is 5.78. The summed E-state index contributed by atoms with van der Waals surface area (Å²) in [4.78, 5) is 10.5. The molecule has 5 nitrogen and oxygen atoms in total. The van der Waals surface area contributed by atoms with Gasteiger partial charge in [-0.15, -0.1) is 0 Å². The standard InChI is InChI=1S/C11H21N5/c1-4-6-7-16(5-2)10-8-9(13-3)14-11(12)15-10/h8H,4-7H2,1-3H3,(H3,12,13,14,15). The molecule has 3 N–H and O–H groups in total. The number of unbranched alkanes of at least 4 members (excludes halogenated alkanes) is 1. The van der Waals surface area contributed by atoms with Crippen LogP contribution >= 0.6 is 0 Å². The second kappa shape index (κ2) is 6.15. The van der Waals surface area contributed by atoms with Crippen LogP contribution in [0.1, 0.15) is 26.7 Å². The molecule has 0 aliphatic rings. The summed E-state index contributed by atoms with van der Waals surface area (Å²) in [5.41, 5.74) is 5.67. The lowest BCUT2D eigenvalue weighted by atomic mass is 10.3. The van der Waals surface area contributed by atoms with Crippen LogP contribution < -0.4 is 16.0 Å². The number of hydrogen-bond donors (Lipinski definition) is 2. The van der Waals surface area contributed by atoms with Crippen molar-refractivity contribution in [2.24, 2.45) is 0 Å². The highest BCUT2D eigenvalue weighted by Gasteiger charge is 2.08. The van der Waals surface area contributed by atoms with Crippen molar-refractivity contribution in [1.82, 2.24) is 9.97 Å². The average Bonchev–Trinajstić information content (AvgIpc) is 2.29. The fourth-order valence-electron chi connectivity index (χ4n) is 1.53. The molecule has 0 aromatic carbocycles. The summed E-state index contributed by atoms with van der Waals surface area (Å²) in [5, 5.41) is 2.99. The zero-order valence-corrected chi connectivity index (χ0v) is 10.3. The highest BCUT2D eigenvalue weighted by atomic mass is 15.2. The highest BCUT2D eigenvalue weighted by molar-refractivity contribution is 5.52. The Kier molecular flexibility index (Phi) is 4.82. The molecule has 0 saturated heterocycles. The van der Waals surface area contributed by atoms with Gasteiger partial charge in [-0.05, 0) is 13.3 Å². The van der Waals surface area contributed by atoms with Crippen LogP contribution in [0.25, 0.3) is 0 Å². The summed E-state index contributed by atoms with van der Waals surface area (Å²) < 4.78 is 0. The van der Waals surface area contributed by atoms with Crippen molar-refractivity contribution in [3.63, 3.8) is 0 Å². The van der Waals surface area contributed by atoms with E-state index in [1.165, 1.54) is 6.42 Å². The largest absolute Gasteiger partial charge is 0.373 e. The molecule has 5 heteroatoms. The Morgan fingerprint density at radius 2 is 2.12 bits per heavy atom. The minimum absolute atomic E-state index is 0.316. The molecule has 16 heavy (non-hydrogen) atoms. The van der Waals surface area contributed by atoms with E-state index in [2.05, 4.69) is 34.0 Å². The van der Waals surface area contributed by atoms with Gasteiger partial charge in [0.25, 0.3) is 0 Å². The molecule has 0 aliphatic heterocycles. The molecule has 1 rings (SSSR count). The van der Waals surface area contributed by atoms with E-state index in [4.69, 9.17) is 5.73 Å². The van der Waals surface area contributed by atoms with Gasteiger partial charge in [-0.25, -0.2) is 0 Å². The van der Waals surface area contributed by atoms with E-state index in [-0.39, 0.29) is 0 Å². The quantitative estimate of drug-likeness (QED) is 0.768. The molecule has 0 atom stereocenters. The minimum atomic E-state index is 0.316. The Bertz CT molecular complexity index is 326. The Morgan fingerprint density at radius 3 is 2.69 bits per heavy atom. The van der Waals surface area contributed by atoms with Crippen LogP contribution in [0.15, 0.2) is 6.07 Å². The Hall–Kier alpha value is -1.52. The van der Waals surface area contributed by atoms with Crippen molar-refractivity contribution in [1.29, 1.82) is 0 Å². The molecule has 0 bridgehead atoms. The molecule has 0 spiro atoms. The zero-order valence-electron chi connectivity index (χ0n) is 10.3. The summed E-state index contributed by atoms with van der Waals surface area (Å²) in [6.45, 7) is 6.24. The summed E-state index contributed by atoms with van der Waals surface area (Å²) in [5.74, 6) is 1.97. The number of nitrogen functional groups attached to an aromatic ring is 1. The second-order valence-corrected chi connectivity index (χ2v) is 3.65. The van der Waals surface area contributed by atoms with Crippen LogP contribution in [-0.2, 0) is 0 Å². The number of rotatable bonds is 6. The van der Waals surface area contributed by atoms with E-state index in [1.54, 1.807) is 0 Å². The zero-order chi connectivity index (χ0) is 12.0. The molecule has 1 heterocycles. The molecule has 1 aromatic heterocycles. The Morgan fingerprint density at radius 1 is 1.38 bits per heavy atom. The maximum atomic E-state index is 5.67. The number of anilines is 3. The molecule has 1 aromatic rings. The topological polar surface area (TPSA) is 67.1 Å². The van der Waals surface area contributed by atoms with Crippen LogP contribution in [0.5, 0.6) is 0 Å². The van der Waals surface area contributed by atoms with Crippen molar-refractivity contribution in [3.05, 3.63) is 6.07 Å². The van der Waals surface area contributed by atoms with Gasteiger partial charge in [-0.1, -0.05) is 13.3 Å². The number of aromatic nitrogens is 2. The van der Waals surface area contributed by atoms with E-state index in [1.807, 2.05) is 13.1 Å². The molecule has 0 fully saturated rings. The fraction of sp³-hybridized carbons (Fsp3) is 0.636. The van der Waals surface area contributed by atoms with Gasteiger partial charge in [-0.2, -0.15) is 9.97 Å². The van der Waals surface area contributed by atoms with Gasteiger partial charge >= 0.3 is 0 Å². The summed E-state index contributed by atoms with van der Waals surface area (Å²) in [6.07, 6.45) is 2.34. The van der Waals surface area contributed by atoms with Gasteiger partial charge in [0.05, 0.1) is 0 Å². The third kappa shape index (κ3) is 3.25. The Labute approximate surface area is 97.1 Å². The fourth-order valence-corrected chi connectivity index (χ4v) is 1.53. The van der Waals surface area contributed by atoms with Crippen molar-refractivity contribution in [2.45, 2.75) is 26.7 Å². The van der Waals surface area contributed by atoms with Crippen LogP contribution in [0.4, 0.5) is 17.6 Å². The molecule has 0 aliphatic carbocycles. The van der Waals surface area contributed by atoms with Gasteiger partial charge < -0.3 is 16.0 Å². The summed E-state index contributed by atoms with van der Waals surface area (Å²) in [6, 6.07) is 1.93. The second-order valence-electron chi connectivity index (χ2n) is 3.65. The van der Waals surface area contributed by atoms with Gasteiger partial charge in [-0.3, -0.25) is 0 Å². The van der Waals surface area contributed by atoms with E-state index >= 15 is 0 Å². The lowest BCUT2D eigenvalue weighted by Gasteiger charge is -2.22. The van der Waals surface area contributed by atoms with Crippen LogP contribution in [0.3, 0.4) is 0 Å². The van der Waals surface area contributed by atoms with Gasteiger partial charge in [0.1, 0.15) is 11.6 Å². The third-order valence-electron chi connectivity index (χ3n) is 2.47. The lowest BCUT2D eigenvalue weighted by Crippen LogP contribution is -2.25. The predicted molar refractivity (Wildman–Crippen MR) is 68.8 cm³/mol. The maximum Gasteiger partial charge on any atom is 0.223 e. The first-order valence-electron chi connectivity index (χ1n) is 5.78. The van der Waals surface area contributed by atoms with Crippen molar-refractivity contribution < 1.29 is 0 Å². The predicted octanol–water partition coefficient (Wildman–Crippen LogP) is 1.73. The van der Waals surface area contributed by atoms with Crippen molar-refractivity contribution in [3.8, 4) is 0 Å². The average molecular weight is 223 g/mol. The lowest BCUT2D eigenvalue weighted by molar-refractivity contribution is 0.724. The van der Waals surface area contributed by atoms with E-state index in [0.717, 1.165) is 31.1 Å². The normalized spacial score (nSPS) is 10.2. The number of nitrogens with one attached hydrogen (secondary N) is 1. The van der Waals surface area contributed by atoms with Crippen LogP contribution in [0.2, 0.25) is 0 Å². The smallest absolute Gasteiger partial charge is 0.223 e. The molecule has 0 unspecified atom stereocenters. The Balaban J connectivity index is 2.86. The number of nitrogens with zero attached hydrogens (tertiary/aromatic N) is 3. The number of nitrogens with two attached hydrogens (primary N) is 1. The van der Waals surface area contributed by atoms with Gasteiger partial charge in [0, 0.05) is 26.2 Å². The molecular weight excluding hydrogens is 202 g/mol. The van der Waals surface area contributed by atoms with Crippen molar-refractivity contribution in [2.75, 3.05) is 36.1 Å². The first kappa shape index (κ1) is 12.5. The number of hydrogen-bond acceptors (Lipinski definition) is 5. The third-order valence-corrected chi connectivity index (χ3v) is 2.47. The summed E-state index contributed by atoms with van der Waals surface area (Å²) in [7, 11) is 1.83. The molecule has 0 saturated carbocycles. The SMILES string of the molecule is CCCCN(CC)c1cc(NC)nc(N)n1. The highest BCUT2D eigenvalue weighted by Crippen LogP contribution is 2.16. The molecule has 90 valence electrons. The van der Waals surface area contributed by atoms with E-state index in [9.17, 15) is 0 Å². The van der Waals surface area contributed by atoms with Crippen molar-refractivity contribution >= 4 is 17.6 Å².